The molecule has 2 saturated carbocycles. The maximum atomic E-state index is 11.8. The summed E-state index contributed by atoms with van der Waals surface area (Å²) in [6.45, 7) is 0. The van der Waals surface area contributed by atoms with Crippen LogP contribution in [-0.2, 0) is 0 Å². The van der Waals surface area contributed by atoms with Gasteiger partial charge in [0.1, 0.15) is 0 Å². The molecule has 0 unspecified atom stereocenters. The maximum absolute atomic E-state index is 11.8. The molecule has 3 amide bonds. The molecule has 0 saturated heterocycles. The van der Waals surface area contributed by atoms with Gasteiger partial charge >= 0.3 is 11.9 Å². The topological polar surface area (TPSA) is 96.0 Å². The molecule has 112 valence electrons. The zero-order chi connectivity index (χ0) is 14.7. The van der Waals surface area contributed by atoms with Crippen molar-refractivity contribution < 1.29 is 9.59 Å². The fraction of sp³-hybridized carbons (Fsp3) is 0.571. The number of amides is 3. The number of urea groups is 1. The minimum Gasteiger partial charge on any atom is -0.334 e. The number of nitrogens with one attached hydrogen (secondary N) is 3. The summed E-state index contributed by atoms with van der Waals surface area (Å²) in [6.07, 6.45) is 9.04. The summed E-state index contributed by atoms with van der Waals surface area (Å²) in [6, 6.07) is 1.47. The molecule has 3 atom stereocenters. The molecule has 1 heterocycles. The van der Waals surface area contributed by atoms with Crippen LogP contribution in [0.1, 0.15) is 42.7 Å². The van der Waals surface area contributed by atoms with E-state index >= 15 is 0 Å². The average Bonchev–Trinajstić information content (AvgIpc) is 2.51. The van der Waals surface area contributed by atoms with Gasteiger partial charge in [-0.2, -0.15) is 0 Å². The average molecular weight is 289 g/mol. The first-order chi connectivity index (χ1) is 10.2. The Morgan fingerprint density at radius 1 is 1.10 bits per heavy atom. The highest BCUT2D eigenvalue weighted by molar-refractivity contribution is 5.91. The Morgan fingerprint density at radius 3 is 2.62 bits per heavy atom. The molecule has 7 nitrogen and oxygen atoms in total. The van der Waals surface area contributed by atoms with Crippen molar-refractivity contribution in [3.63, 3.8) is 0 Å². The van der Waals surface area contributed by atoms with E-state index < -0.39 is 5.91 Å². The van der Waals surface area contributed by atoms with Gasteiger partial charge in [-0.1, -0.05) is 19.3 Å². The number of hydrazine groups is 1. The molecule has 2 aliphatic rings. The van der Waals surface area contributed by atoms with Crippen LogP contribution in [0.4, 0.5) is 4.79 Å². The Balaban J connectivity index is 1.42. The quantitative estimate of drug-likeness (QED) is 0.708. The summed E-state index contributed by atoms with van der Waals surface area (Å²) in [4.78, 5) is 31.1. The van der Waals surface area contributed by atoms with E-state index in [0.29, 0.717) is 5.92 Å². The van der Waals surface area contributed by atoms with Crippen molar-refractivity contribution in [2.24, 2.45) is 11.8 Å². The Labute approximate surface area is 122 Å². The van der Waals surface area contributed by atoms with Crippen molar-refractivity contribution in [1.82, 2.24) is 26.1 Å². The SMILES string of the molecule is O=C(NNC(=O)c1ncccn1)N[C@@H]1C[C@@H]2CCCC[C@@H]21. The van der Waals surface area contributed by atoms with Crippen LogP contribution < -0.4 is 16.2 Å². The molecule has 2 fully saturated rings. The van der Waals surface area contributed by atoms with Crippen molar-refractivity contribution in [1.29, 1.82) is 0 Å². The van der Waals surface area contributed by atoms with E-state index in [4.69, 9.17) is 0 Å². The predicted molar refractivity (Wildman–Crippen MR) is 75.0 cm³/mol. The number of hydrogen-bond donors (Lipinski definition) is 3. The molecule has 1 aromatic heterocycles. The van der Waals surface area contributed by atoms with E-state index in [9.17, 15) is 9.59 Å². The van der Waals surface area contributed by atoms with Gasteiger partial charge in [0.2, 0.25) is 5.82 Å². The van der Waals surface area contributed by atoms with Crippen molar-refractivity contribution in [3.8, 4) is 0 Å². The van der Waals surface area contributed by atoms with E-state index in [1.54, 1.807) is 6.07 Å². The molecule has 21 heavy (non-hydrogen) atoms. The zero-order valence-electron chi connectivity index (χ0n) is 11.7. The number of nitrogens with zero attached hydrogens (tertiary/aromatic N) is 2. The van der Waals surface area contributed by atoms with Gasteiger partial charge in [-0.25, -0.2) is 20.2 Å². The molecule has 0 radical (unpaired) electrons. The standard InChI is InChI=1S/C14H19N5O2/c20-13(12-15-6-3-7-16-12)18-19-14(21)17-11-8-9-4-1-2-5-10(9)11/h3,6-7,9-11H,1-2,4-5,8H2,(H,18,20)(H2,17,19,21)/t9-,10-,11+/m0/s1. The van der Waals surface area contributed by atoms with Crippen LogP contribution in [0, 0.1) is 11.8 Å². The molecule has 2 aliphatic carbocycles. The lowest BCUT2D eigenvalue weighted by Gasteiger charge is -2.48. The summed E-state index contributed by atoms with van der Waals surface area (Å²) >= 11 is 0. The summed E-state index contributed by atoms with van der Waals surface area (Å²) in [5.41, 5.74) is 4.64. The molecule has 0 bridgehead atoms. The number of carbonyl (C=O) groups is 2. The Hall–Kier alpha value is -2.18. The Bertz CT molecular complexity index is 521. The van der Waals surface area contributed by atoms with Gasteiger partial charge in [-0.05, 0) is 30.7 Å². The number of carbonyl (C=O) groups excluding carboxylic acids is 2. The second-order valence-corrected chi connectivity index (χ2v) is 5.68. The van der Waals surface area contributed by atoms with Crippen molar-refractivity contribution in [2.45, 2.75) is 38.1 Å². The van der Waals surface area contributed by atoms with Crippen LogP contribution in [0.5, 0.6) is 0 Å². The summed E-state index contributed by atoms with van der Waals surface area (Å²) in [5.74, 6) is 0.873. The molecule has 0 aliphatic heterocycles. The first-order valence-corrected chi connectivity index (χ1v) is 7.38. The Kier molecular flexibility index (Phi) is 3.98. The molecule has 0 spiro atoms. The third kappa shape index (κ3) is 3.12. The van der Waals surface area contributed by atoms with Crippen LogP contribution in [0.25, 0.3) is 0 Å². The van der Waals surface area contributed by atoms with E-state index in [-0.39, 0.29) is 17.9 Å². The maximum Gasteiger partial charge on any atom is 0.333 e. The van der Waals surface area contributed by atoms with E-state index in [1.807, 2.05) is 0 Å². The van der Waals surface area contributed by atoms with Crippen LogP contribution in [0.2, 0.25) is 0 Å². The third-order valence-electron chi connectivity index (χ3n) is 4.42. The summed E-state index contributed by atoms with van der Waals surface area (Å²) < 4.78 is 0. The summed E-state index contributed by atoms with van der Waals surface area (Å²) in [5, 5.41) is 2.92. The monoisotopic (exact) mass is 289 g/mol. The normalized spacial score (nSPS) is 27.0. The van der Waals surface area contributed by atoms with Crippen LogP contribution in [0.3, 0.4) is 0 Å². The largest absolute Gasteiger partial charge is 0.334 e. The highest BCUT2D eigenvalue weighted by atomic mass is 16.2. The van der Waals surface area contributed by atoms with Gasteiger partial charge in [-0.3, -0.25) is 10.2 Å². The van der Waals surface area contributed by atoms with Gasteiger partial charge < -0.3 is 5.32 Å². The number of hydrogen-bond acceptors (Lipinski definition) is 4. The molecular weight excluding hydrogens is 270 g/mol. The molecule has 7 heteroatoms. The van der Waals surface area contributed by atoms with Crippen LogP contribution >= 0.6 is 0 Å². The van der Waals surface area contributed by atoms with Crippen molar-refractivity contribution in [3.05, 3.63) is 24.3 Å². The van der Waals surface area contributed by atoms with Gasteiger partial charge in [0.15, 0.2) is 0 Å². The molecule has 1 aromatic rings. The zero-order valence-corrected chi connectivity index (χ0v) is 11.7. The predicted octanol–water partition coefficient (Wildman–Crippen LogP) is 0.999. The lowest BCUT2D eigenvalue weighted by molar-refractivity contribution is 0.0648. The van der Waals surface area contributed by atoms with Crippen molar-refractivity contribution >= 4 is 11.9 Å². The van der Waals surface area contributed by atoms with E-state index in [0.717, 1.165) is 12.3 Å². The van der Waals surface area contributed by atoms with E-state index in [1.165, 1.54) is 38.1 Å². The van der Waals surface area contributed by atoms with Gasteiger partial charge in [0.25, 0.3) is 0 Å². The fourth-order valence-corrected chi connectivity index (χ4v) is 3.32. The first kappa shape index (κ1) is 13.8. The Morgan fingerprint density at radius 2 is 1.86 bits per heavy atom. The number of fused-ring (bicyclic) bond motifs is 1. The second kappa shape index (κ2) is 6.07. The molecule has 3 rings (SSSR count). The molecular formula is C14H19N5O2. The molecule has 3 N–H and O–H groups in total. The third-order valence-corrected chi connectivity index (χ3v) is 4.42. The number of rotatable bonds is 2. The fourth-order valence-electron chi connectivity index (χ4n) is 3.32. The van der Waals surface area contributed by atoms with Crippen LogP contribution in [-0.4, -0.2) is 27.9 Å². The minimum absolute atomic E-state index is 0.0220. The van der Waals surface area contributed by atoms with E-state index in [2.05, 4.69) is 26.1 Å². The minimum atomic E-state index is -0.532. The van der Waals surface area contributed by atoms with Crippen molar-refractivity contribution in [2.75, 3.05) is 0 Å². The number of aromatic nitrogens is 2. The lowest BCUT2D eigenvalue weighted by atomic mass is 9.62. The van der Waals surface area contributed by atoms with Crippen LogP contribution in [0.15, 0.2) is 18.5 Å². The van der Waals surface area contributed by atoms with Gasteiger partial charge in [0, 0.05) is 18.4 Å². The highest BCUT2D eigenvalue weighted by Gasteiger charge is 2.42. The molecule has 0 aromatic carbocycles. The first-order valence-electron chi connectivity index (χ1n) is 7.38. The highest BCUT2D eigenvalue weighted by Crippen LogP contribution is 2.44. The second-order valence-electron chi connectivity index (χ2n) is 5.68. The smallest absolute Gasteiger partial charge is 0.333 e. The lowest BCUT2D eigenvalue weighted by Crippen LogP contribution is -2.57. The van der Waals surface area contributed by atoms with Gasteiger partial charge in [0.05, 0.1) is 0 Å². The summed E-state index contributed by atoms with van der Waals surface area (Å²) in [7, 11) is 0. The van der Waals surface area contributed by atoms with Gasteiger partial charge in [-0.15, -0.1) is 0 Å².